The Bertz CT molecular complexity index is 580. The van der Waals surface area contributed by atoms with Crippen LogP contribution in [-0.2, 0) is 13.1 Å². The predicted molar refractivity (Wildman–Crippen MR) is 72.2 cm³/mol. The van der Waals surface area contributed by atoms with Crippen LogP contribution in [0, 0.1) is 0 Å². The van der Waals surface area contributed by atoms with Crippen molar-refractivity contribution in [3.05, 3.63) is 39.6 Å². The standard InChI is InChI=1S/C12H15ClN4O2/c1-2-3-5-17-12(18)11(13)10(8-15-17)14-7-9-4-6-19-16-9/h4,6,8,14H,2-3,5,7H2,1H3. The summed E-state index contributed by atoms with van der Waals surface area (Å²) in [6.07, 6.45) is 4.94. The average Bonchev–Trinajstić information content (AvgIpc) is 2.92. The highest BCUT2D eigenvalue weighted by atomic mass is 35.5. The first-order chi connectivity index (χ1) is 9.22. The Labute approximate surface area is 115 Å². The normalized spacial score (nSPS) is 10.6. The predicted octanol–water partition coefficient (Wildman–Crippen LogP) is 2.30. The second-order valence-corrected chi connectivity index (χ2v) is 4.48. The number of nitrogens with zero attached hydrogens (tertiary/aromatic N) is 3. The van der Waals surface area contributed by atoms with Crippen molar-refractivity contribution < 1.29 is 4.52 Å². The van der Waals surface area contributed by atoms with Crippen molar-refractivity contribution in [1.29, 1.82) is 0 Å². The molecule has 0 aliphatic heterocycles. The molecule has 1 N–H and O–H groups in total. The van der Waals surface area contributed by atoms with Gasteiger partial charge in [0.2, 0.25) is 0 Å². The minimum absolute atomic E-state index is 0.148. The molecule has 102 valence electrons. The van der Waals surface area contributed by atoms with E-state index in [1.54, 1.807) is 12.3 Å². The van der Waals surface area contributed by atoms with Crippen molar-refractivity contribution in [2.45, 2.75) is 32.9 Å². The van der Waals surface area contributed by atoms with E-state index in [9.17, 15) is 4.79 Å². The van der Waals surface area contributed by atoms with Crippen LogP contribution in [0.2, 0.25) is 5.02 Å². The molecule has 19 heavy (non-hydrogen) atoms. The Morgan fingerprint density at radius 1 is 1.53 bits per heavy atom. The summed E-state index contributed by atoms with van der Waals surface area (Å²) in [5.74, 6) is 0. The van der Waals surface area contributed by atoms with Gasteiger partial charge in [0, 0.05) is 12.6 Å². The number of anilines is 1. The second kappa shape index (κ2) is 6.38. The Morgan fingerprint density at radius 3 is 3.05 bits per heavy atom. The molecule has 6 nitrogen and oxygen atoms in total. The Kier molecular flexibility index (Phi) is 4.57. The Balaban J connectivity index is 2.09. The van der Waals surface area contributed by atoms with Gasteiger partial charge in [-0.05, 0) is 6.42 Å². The average molecular weight is 283 g/mol. The fraction of sp³-hybridized carbons (Fsp3) is 0.417. The third kappa shape index (κ3) is 3.35. The number of aromatic nitrogens is 3. The summed E-state index contributed by atoms with van der Waals surface area (Å²) >= 11 is 6.04. The number of unbranched alkanes of at least 4 members (excludes halogenated alkanes) is 1. The fourth-order valence-corrected chi connectivity index (χ4v) is 1.78. The van der Waals surface area contributed by atoms with E-state index in [4.69, 9.17) is 16.1 Å². The van der Waals surface area contributed by atoms with Gasteiger partial charge < -0.3 is 9.84 Å². The highest BCUT2D eigenvalue weighted by Crippen LogP contribution is 2.16. The van der Waals surface area contributed by atoms with Crippen molar-refractivity contribution >= 4 is 17.3 Å². The van der Waals surface area contributed by atoms with Crippen molar-refractivity contribution in [3.63, 3.8) is 0 Å². The first kappa shape index (κ1) is 13.6. The van der Waals surface area contributed by atoms with E-state index in [2.05, 4.69) is 22.5 Å². The zero-order valence-electron chi connectivity index (χ0n) is 10.6. The molecule has 0 unspecified atom stereocenters. The lowest BCUT2D eigenvalue weighted by atomic mass is 10.3. The van der Waals surface area contributed by atoms with Gasteiger partial charge in [-0.25, -0.2) is 4.68 Å². The summed E-state index contributed by atoms with van der Waals surface area (Å²) in [5, 5.41) is 11.0. The maximum Gasteiger partial charge on any atom is 0.287 e. The molecule has 0 saturated heterocycles. The molecule has 2 aromatic heterocycles. The van der Waals surface area contributed by atoms with Crippen LogP contribution in [0.4, 0.5) is 5.69 Å². The van der Waals surface area contributed by atoms with Gasteiger partial charge in [0.15, 0.2) is 0 Å². The number of rotatable bonds is 6. The lowest BCUT2D eigenvalue weighted by molar-refractivity contribution is 0.412. The van der Waals surface area contributed by atoms with Crippen LogP contribution in [0.3, 0.4) is 0 Å². The van der Waals surface area contributed by atoms with Crippen LogP contribution in [-0.4, -0.2) is 14.9 Å². The molecule has 2 rings (SSSR count). The molecular weight excluding hydrogens is 268 g/mol. The minimum atomic E-state index is -0.278. The highest BCUT2D eigenvalue weighted by Gasteiger charge is 2.09. The van der Waals surface area contributed by atoms with Gasteiger partial charge in [0.1, 0.15) is 17.0 Å². The molecule has 0 aliphatic carbocycles. The van der Waals surface area contributed by atoms with Crippen molar-refractivity contribution in [3.8, 4) is 0 Å². The summed E-state index contributed by atoms with van der Waals surface area (Å²) in [4.78, 5) is 12.0. The third-order valence-corrected chi connectivity index (χ3v) is 3.02. The van der Waals surface area contributed by atoms with Crippen LogP contribution < -0.4 is 10.9 Å². The molecule has 2 aromatic rings. The first-order valence-electron chi connectivity index (χ1n) is 6.11. The quantitative estimate of drug-likeness (QED) is 0.880. The molecule has 2 heterocycles. The molecule has 0 spiro atoms. The SMILES string of the molecule is CCCCn1ncc(NCc2ccon2)c(Cl)c1=O. The summed E-state index contributed by atoms with van der Waals surface area (Å²) in [5.41, 5.74) is 0.953. The maximum absolute atomic E-state index is 12.0. The fourth-order valence-electron chi connectivity index (χ4n) is 1.57. The van der Waals surface area contributed by atoms with Crippen LogP contribution in [0.25, 0.3) is 0 Å². The van der Waals surface area contributed by atoms with Gasteiger partial charge in [-0.15, -0.1) is 0 Å². The highest BCUT2D eigenvalue weighted by molar-refractivity contribution is 6.32. The molecule has 0 aromatic carbocycles. The molecule has 0 fully saturated rings. The zero-order valence-corrected chi connectivity index (χ0v) is 11.4. The van der Waals surface area contributed by atoms with Crippen LogP contribution in [0.1, 0.15) is 25.5 Å². The third-order valence-electron chi connectivity index (χ3n) is 2.66. The first-order valence-corrected chi connectivity index (χ1v) is 6.49. The summed E-state index contributed by atoms with van der Waals surface area (Å²) in [6, 6.07) is 1.73. The topological polar surface area (TPSA) is 73.0 Å². The van der Waals surface area contributed by atoms with E-state index in [0.717, 1.165) is 18.5 Å². The molecule has 7 heteroatoms. The number of hydrogen-bond donors (Lipinski definition) is 1. The molecule has 0 aliphatic rings. The van der Waals surface area contributed by atoms with Gasteiger partial charge in [0.25, 0.3) is 5.56 Å². The van der Waals surface area contributed by atoms with E-state index in [1.165, 1.54) is 10.9 Å². The summed E-state index contributed by atoms with van der Waals surface area (Å²) < 4.78 is 6.10. The van der Waals surface area contributed by atoms with E-state index in [1.807, 2.05) is 0 Å². The van der Waals surface area contributed by atoms with Crippen molar-refractivity contribution in [2.75, 3.05) is 5.32 Å². The second-order valence-electron chi connectivity index (χ2n) is 4.10. The largest absolute Gasteiger partial charge is 0.377 e. The van der Waals surface area contributed by atoms with Gasteiger partial charge in [0.05, 0.1) is 18.4 Å². The number of nitrogens with one attached hydrogen (secondary N) is 1. The Hall–Kier alpha value is -1.82. The van der Waals surface area contributed by atoms with E-state index in [0.29, 0.717) is 18.8 Å². The number of aryl methyl sites for hydroxylation is 1. The van der Waals surface area contributed by atoms with E-state index < -0.39 is 0 Å². The lowest BCUT2D eigenvalue weighted by Crippen LogP contribution is -2.24. The van der Waals surface area contributed by atoms with Gasteiger partial charge in [-0.2, -0.15) is 5.10 Å². The zero-order chi connectivity index (χ0) is 13.7. The van der Waals surface area contributed by atoms with Crippen LogP contribution in [0.5, 0.6) is 0 Å². The van der Waals surface area contributed by atoms with E-state index in [-0.39, 0.29) is 10.6 Å². The van der Waals surface area contributed by atoms with E-state index >= 15 is 0 Å². The minimum Gasteiger partial charge on any atom is -0.377 e. The van der Waals surface area contributed by atoms with Gasteiger partial charge in [-0.1, -0.05) is 30.1 Å². The molecular formula is C12H15ClN4O2. The molecule has 0 saturated carbocycles. The molecule has 0 amide bonds. The maximum atomic E-state index is 12.0. The van der Waals surface area contributed by atoms with Crippen molar-refractivity contribution in [1.82, 2.24) is 14.9 Å². The van der Waals surface area contributed by atoms with Crippen LogP contribution >= 0.6 is 11.6 Å². The summed E-state index contributed by atoms with van der Waals surface area (Å²) in [7, 11) is 0. The lowest BCUT2D eigenvalue weighted by Gasteiger charge is -2.08. The smallest absolute Gasteiger partial charge is 0.287 e. The number of hydrogen-bond acceptors (Lipinski definition) is 5. The monoisotopic (exact) mass is 282 g/mol. The van der Waals surface area contributed by atoms with Gasteiger partial charge in [-0.3, -0.25) is 4.79 Å². The summed E-state index contributed by atoms with van der Waals surface area (Å²) in [6.45, 7) is 3.06. The van der Waals surface area contributed by atoms with Crippen molar-refractivity contribution in [2.24, 2.45) is 0 Å². The molecule has 0 atom stereocenters. The molecule has 0 radical (unpaired) electrons. The Morgan fingerprint density at radius 2 is 2.37 bits per heavy atom. The van der Waals surface area contributed by atoms with Gasteiger partial charge >= 0.3 is 0 Å². The number of halogens is 1. The van der Waals surface area contributed by atoms with Crippen LogP contribution in [0.15, 0.2) is 27.8 Å². The molecule has 0 bridgehead atoms.